The van der Waals surface area contributed by atoms with Crippen molar-refractivity contribution in [2.75, 3.05) is 0 Å². The summed E-state index contributed by atoms with van der Waals surface area (Å²) in [4.78, 5) is 0. The van der Waals surface area contributed by atoms with E-state index in [2.05, 4.69) is 90.0 Å². The minimum absolute atomic E-state index is 1.10. The Morgan fingerprint density at radius 2 is 1.00 bits per heavy atom. The van der Waals surface area contributed by atoms with Gasteiger partial charge >= 0.3 is 0 Å². The van der Waals surface area contributed by atoms with E-state index < -0.39 is 8.07 Å². The summed E-state index contributed by atoms with van der Waals surface area (Å²) >= 11 is 0. The van der Waals surface area contributed by atoms with Crippen LogP contribution in [-0.2, 0) is 12.8 Å². The average Bonchev–Trinajstić information content (AvgIpc) is 3.32. The van der Waals surface area contributed by atoms with Crippen molar-refractivity contribution in [1.82, 2.24) is 0 Å². The number of fused-ring (bicyclic) bond motifs is 2. The summed E-state index contributed by atoms with van der Waals surface area (Å²) in [5.74, 6) is 0. The van der Waals surface area contributed by atoms with Gasteiger partial charge in [0.1, 0.15) is 8.07 Å². The van der Waals surface area contributed by atoms with Gasteiger partial charge in [0.25, 0.3) is 0 Å². The van der Waals surface area contributed by atoms with E-state index in [9.17, 15) is 0 Å². The van der Waals surface area contributed by atoms with E-state index >= 15 is 0 Å². The van der Waals surface area contributed by atoms with Gasteiger partial charge in [-0.3, -0.25) is 0 Å². The van der Waals surface area contributed by atoms with Gasteiger partial charge < -0.3 is 0 Å². The topological polar surface area (TPSA) is 0 Å². The van der Waals surface area contributed by atoms with Crippen LogP contribution in [0.1, 0.15) is 73.9 Å². The van der Waals surface area contributed by atoms with Gasteiger partial charge in [-0.1, -0.05) is 88.3 Å². The van der Waals surface area contributed by atoms with Crippen LogP contribution in [0, 0.1) is 12.8 Å². The van der Waals surface area contributed by atoms with E-state index in [1.807, 2.05) is 0 Å². The quantitative estimate of drug-likeness (QED) is 0.436. The Hall–Kier alpha value is -1.86. The second-order valence-electron chi connectivity index (χ2n) is 8.89. The molecule has 1 heteroatoms. The monoisotopic (exact) mass is 398 g/mol. The molecule has 2 aliphatic carbocycles. The lowest BCUT2D eigenvalue weighted by atomic mass is 10.0. The molecule has 2 radical (unpaired) electrons. The predicted molar refractivity (Wildman–Crippen MR) is 130 cm³/mol. The van der Waals surface area contributed by atoms with Crippen molar-refractivity contribution in [3.63, 3.8) is 0 Å². The van der Waals surface area contributed by atoms with Gasteiger partial charge in [0.15, 0.2) is 0 Å². The van der Waals surface area contributed by atoms with Crippen molar-refractivity contribution in [1.29, 1.82) is 0 Å². The Kier molecular flexibility index (Phi) is 5.46. The predicted octanol–water partition coefficient (Wildman–Crippen LogP) is 7.76. The van der Waals surface area contributed by atoms with E-state index in [1.165, 1.54) is 22.3 Å². The maximum Gasteiger partial charge on any atom is 0.113 e. The van der Waals surface area contributed by atoms with Crippen molar-refractivity contribution >= 4 is 18.5 Å². The van der Waals surface area contributed by atoms with Gasteiger partial charge in [-0.05, 0) is 69.5 Å². The fourth-order valence-corrected chi connectivity index (χ4v) is 9.84. The largest absolute Gasteiger partial charge is 0.113 e. The number of hydrogen-bond donors (Lipinski definition) is 0. The summed E-state index contributed by atoms with van der Waals surface area (Å²) < 4.78 is 0. The highest BCUT2D eigenvalue weighted by Gasteiger charge is 2.42. The highest BCUT2D eigenvalue weighted by Crippen LogP contribution is 2.52. The normalized spacial score (nSPS) is 15.9. The molecule has 0 saturated carbocycles. The van der Waals surface area contributed by atoms with Crippen molar-refractivity contribution < 1.29 is 0 Å². The second-order valence-corrected chi connectivity index (χ2v) is 13.1. The number of rotatable bonds is 6. The molecule has 0 amide bonds. The van der Waals surface area contributed by atoms with Crippen molar-refractivity contribution in [3.05, 3.63) is 93.8 Å². The molecule has 0 bridgehead atoms. The standard InChI is InChI=1S/C28H34Si/c1-7-19-13-11-15-23-17-21(9-3)27(25(19)23)29(5,6)28-22(10-4)18-24-16-12-14-20(8-2)26(24)28/h11-18H,7-10H2,1-6H3. The summed E-state index contributed by atoms with van der Waals surface area (Å²) in [6.45, 7) is 14.5. The van der Waals surface area contributed by atoms with Gasteiger partial charge in [-0.2, -0.15) is 0 Å². The van der Waals surface area contributed by atoms with Crippen LogP contribution in [0.25, 0.3) is 10.4 Å². The summed E-state index contributed by atoms with van der Waals surface area (Å²) in [6.07, 6.45) is 9.40. The smallest absolute Gasteiger partial charge is 0.0617 e. The van der Waals surface area contributed by atoms with E-state index in [0.717, 1.165) is 25.7 Å². The number of allylic oxidation sites excluding steroid dienone is 2. The fourth-order valence-electron chi connectivity index (χ4n) is 5.63. The van der Waals surface area contributed by atoms with Crippen LogP contribution in [0.4, 0.5) is 0 Å². The third kappa shape index (κ3) is 3.10. The van der Waals surface area contributed by atoms with Crippen LogP contribution >= 0.6 is 0 Å². The maximum absolute atomic E-state index is 2.60. The second kappa shape index (κ2) is 7.76. The van der Waals surface area contributed by atoms with Crippen LogP contribution in [0.2, 0.25) is 13.1 Å². The molecule has 29 heavy (non-hydrogen) atoms. The summed E-state index contributed by atoms with van der Waals surface area (Å²) in [6, 6.07) is 13.8. The average molecular weight is 399 g/mol. The molecule has 0 unspecified atom stereocenters. The lowest BCUT2D eigenvalue weighted by Crippen LogP contribution is -2.32. The summed E-state index contributed by atoms with van der Waals surface area (Å²) in [5.41, 5.74) is 12.2. The Balaban J connectivity index is 1.98. The number of aryl methyl sites for hydroxylation is 2. The summed E-state index contributed by atoms with van der Waals surface area (Å²) in [7, 11) is -1.91. The van der Waals surface area contributed by atoms with Gasteiger partial charge in [0.05, 0.1) is 0 Å². The molecule has 0 saturated heterocycles. The van der Waals surface area contributed by atoms with Crippen molar-refractivity contribution in [2.24, 2.45) is 0 Å². The Labute approximate surface area is 178 Å². The number of hydrogen-bond acceptors (Lipinski definition) is 0. The van der Waals surface area contributed by atoms with Crippen LogP contribution in [0.3, 0.4) is 0 Å². The molecule has 0 N–H and O–H groups in total. The molecule has 0 fully saturated rings. The van der Waals surface area contributed by atoms with Gasteiger partial charge in [-0.15, -0.1) is 0 Å². The molecular formula is C28H34Si. The summed E-state index contributed by atoms with van der Waals surface area (Å²) in [5, 5.41) is 3.39. The first-order valence-electron chi connectivity index (χ1n) is 11.4. The lowest BCUT2D eigenvalue weighted by Gasteiger charge is -2.32. The first-order valence-corrected chi connectivity index (χ1v) is 14.4. The molecule has 0 spiro atoms. The minimum atomic E-state index is -1.91. The molecule has 2 aromatic rings. The third-order valence-corrected chi connectivity index (χ3v) is 10.6. The fraction of sp³-hybridized carbons (Fsp3) is 0.357. The Bertz CT molecular complexity index is 935. The highest BCUT2D eigenvalue weighted by molar-refractivity contribution is 7.09. The third-order valence-electron chi connectivity index (χ3n) is 6.94. The molecular weight excluding hydrogens is 364 g/mol. The van der Waals surface area contributed by atoms with Gasteiger partial charge in [0.2, 0.25) is 0 Å². The van der Waals surface area contributed by atoms with Crippen LogP contribution in [-0.4, -0.2) is 8.07 Å². The zero-order valence-electron chi connectivity index (χ0n) is 18.9. The van der Waals surface area contributed by atoms with Crippen LogP contribution in [0.5, 0.6) is 0 Å². The molecule has 0 aromatic heterocycles. The molecule has 2 aromatic carbocycles. The lowest BCUT2D eigenvalue weighted by molar-refractivity contribution is 1.13. The van der Waals surface area contributed by atoms with Crippen molar-refractivity contribution in [3.8, 4) is 0 Å². The first kappa shape index (κ1) is 20.4. The van der Waals surface area contributed by atoms with E-state index in [4.69, 9.17) is 0 Å². The highest BCUT2D eigenvalue weighted by atomic mass is 28.3. The molecule has 4 rings (SSSR count). The first-order chi connectivity index (χ1) is 14.0. The Morgan fingerprint density at radius 3 is 1.34 bits per heavy atom. The van der Waals surface area contributed by atoms with E-state index in [-0.39, 0.29) is 0 Å². The molecule has 0 aliphatic heterocycles. The molecule has 2 aliphatic rings. The number of benzene rings is 2. The van der Waals surface area contributed by atoms with Crippen molar-refractivity contribution in [2.45, 2.75) is 66.5 Å². The molecule has 150 valence electrons. The zero-order valence-corrected chi connectivity index (χ0v) is 19.9. The molecule has 0 heterocycles. The SMILES string of the molecule is CCC1=C([Si](C)(C)C2=C(CC)[CH]c3cccc(CC)c32)c2c(cccc2CC)[CH]1. The van der Waals surface area contributed by atoms with E-state index in [0.29, 0.717) is 0 Å². The van der Waals surface area contributed by atoms with E-state index in [1.54, 1.807) is 32.7 Å². The molecule has 0 atom stereocenters. The van der Waals surface area contributed by atoms with Crippen LogP contribution in [0.15, 0.2) is 47.5 Å². The molecule has 0 nitrogen and oxygen atoms in total. The van der Waals surface area contributed by atoms with Gasteiger partial charge in [0, 0.05) is 12.8 Å². The maximum atomic E-state index is 2.60. The minimum Gasteiger partial charge on any atom is -0.0617 e. The Morgan fingerprint density at radius 1 is 0.586 bits per heavy atom. The zero-order chi connectivity index (χ0) is 20.8. The van der Waals surface area contributed by atoms with Gasteiger partial charge in [-0.25, -0.2) is 0 Å². The van der Waals surface area contributed by atoms with Crippen LogP contribution < -0.4 is 0 Å².